The van der Waals surface area contributed by atoms with Gasteiger partial charge in [0.25, 0.3) is 6.43 Å². The fourth-order valence-electron chi connectivity index (χ4n) is 2.00. The van der Waals surface area contributed by atoms with Gasteiger partial charge >= 0.3 is 5.97 Å². The third-order valence-electron chi connectivity index (χ3n) is 2.92. The van der Waals surface area contributed by atoms with Gasteiger partial charge in [0.05, 0.1) is 12.2 Å². The van der Waals surface area contributed by atoms with E-state index in [2.05, 4.69) is 0 Å². The summed E-state index contributed by atoms with van der Waals surface area (Å²) in [4.78, 5) is 11.6. The van der Waals surface area contributed by atoms with Crippen molar-refractivity contribution in [3.8, 4) is 0 Å². The molecule has 1 atom stereocenters. The minimum Gasteiger partial charge on any atom is -0.483 e. The topological polar surface area (TPSA) is 35.5 Å². The Bertz CT molecular complexity index is 523. The minimum absolute atomic E-state index is 0.00978. The molecule has 0 saturated heterocycles. The lowest BCUT2D eigenvalue weighted by Gasteiger charge is -2.12. The molecule has 20 heavy (non-hydrogen) atoms. The average Bonchev–Trinajstić information content (AvgIpc) is 2.85. The number of halogens is 3. The first-order valence-electron chi connectivity index (χ1n) is 6.13. The Kier molecular flexibility index (Phi) is 4.32. The lowest BCUT2D eigenvalue weighted by atomic mass is 10.0. The molecule has 0 radical (unpaired) electrons. The van der Waals surface area contributed by atoms with Crippen LogP contribution in [0.5, 0.6) is 0 Å². The highest BCUT2D eigenvalue weighted by Crippen LogP contribution is 2.38. The number of carbonyl (C=O) groups excluding carboxylic acids is 1. The van der Waals surface area contributed by atoms with Crippen LogP contribution in [0.25, 0.3) is 0 Å². The van der Waals surface area contributed by atoms with Crippen molar-refractivity contribution in [2.45, 2.75) is 25.9 Å². The molecule has 3 nitrogen and oxygen atoms in total. The molecule has 0 bridgehead atoms. The van der Waals surface area contributed by atoms with Crippen LogP contribution < -0.4 is 0 Å². The number of carbonyl (C=O) groups is 1. The Morgan fingerprint density at radius 2 is 2.05 bits per heavy atom. The lowest BCUT2D eigenvalue weighted by molar-refractivity contribution is -0.138. The number of allylic oxidation sites excluding steroid dienone is 1. The normalized spacial score (nSPS) is 18.4. The molecule has 1 unspecified atom stereocenters. The van der Waals surface area contributed by atoms with Gasteiger partial charge in [-0.2, -0.15) is 0 Å². The number of hydrogen-bond donors (Lipinski definition) is 0. The zero-order chi connectivity index (χ0) is 14.7. The van der Waals surface area contributed by atoms with Crippen molar-refractivity contribution in [3.63, 3.8) is 0 Å². The highest BCUT2D eigenvalue weighted by molar-refractivity contribution is 5.89. The van der Waals surface area contributed by atoms with Crippen molar-refractivity contribution >= 4 is 5.97 Å². The van der Waals surface area contributed by atoms with Gasteiger partial charge < -0.3 is 9.47 Å². The van der Waals surface area contributed by atoms with Crippen molar-refractivity contribution in [1.82, 2.24) is 0 Å². The summed E-state index contributed by atoms with van der Waals surface area (Å²) in [6.07, 6.45) is -3.62. The van der Waals surface area contributed by atoms with E-state index in [0.717, 1.165) is 0 Å². The first-order valence-corrected chi connectivity index (χ1v) is 6.13. The second-order valence-corrected chi connectivity index (χ2v) is 4.23. The molecule has 1 aliphatic heterocycles. The van der Waals surface area contributed by atoms with E-state index in [1.165, 1.54) is 24.3 Å². The highest BCUT2D eigenvalue weighted by Gasteiger charge is 2.36. The molecule has 2 rings (SSSR count). The maximum atomic E-state index is 12.9. The van der Waals surface area contributed by atoms with Crippen molar-refractivity contribution in [2.24, 2.45) is 0 Å². The van der Waals surface area contributed by atoms with Gasteiger partial charge in [-0.05, 0) is 24.6 Å². The largest absolute Gasteiger partial charge is 0.483 e. The van der Waals surface area contributed by atoms with Gasteiger partial charge in [-0.1, -0.05) is 12.1 Å². The van der Waals surface area contributed by atoms with Gasteiger partial charge in [-0.15, -0.1) is 0 Å². The molecule has 0 aromatic heterocycles. The number of esters is 1. The summed E-state index contributed by atoms with van der Waals surface area (Å²) in [5, 5.41) is 0. The van der Waals surface area contributed by atoms with Crippen LogP contribution in [0.1, 0.15) is 25.0 Å². The molecule has 6 heteroatoms. The van der Waals surface area contributed by atoms with Gasteiger partial charge in [0.15, 0.2) is 5.76 Å². The molecule has 0 N–H and O–H groups in total. The molecule has 0 amide bonds. The average molecular weight is 286 g/mol. The van der Waals surface area contributed by atoms with Crippen molar-refractivity contribution in [1.29, 1.82) is 0 Å². The van der Waals surface area contributed by atoms with Gasteiger partial charge in [0, 0.05) is 6.42 Å². The van der Waals surface area contributed by atoms with Crippen LogP contribution in [0, 0.1) is 5.82 Å². The molecule has 0 fully saturated rings. The summed E-state index contributed by atoms with van der Waals surface area (Å²) in [5.74, 6) is -1.88. The van der Waals surface area contributed by atoms with Crippen molar-refractivity contribution < 1.29 is 27.4 Å². The third-order valence-corrected chi connectivity index (χ3v) is 2.92. The summed E-state index contributed by atoms with van der Waals surface area (Å²) >= 11 is 0. The number of alkyl halides is 2. The van der Waals surface area contributed by atoms with Crippen LogP contribution in [0.2, 0.25) is 0 Å². The molecular weight excluding hydrogens is 273 g/mol. The zero-order valence-corrected chi connectivity index (χ0v) is 10.7. The fourth-order valence-corrected chi connectivity index (χ4v) is 2.00. The summed E-state index contributed by atoms with van der Waals surface area (Å²) in [5.41, 5.74) is 0.375. The number of hydrogen-bond acceptors (Lipinski definition) is 3. The monoisotopic (exact) mass is 286 g/mol. The molecule has 0 aliphatic carbocycles. The standard InChI is InChI=1S/C14H13F3O3/c1-2-19-14(18)10-7-11(20-12(10)13(16)17)8-3-5-9(15)6-4-8/h3-6,11,13H,2,7H2,1H3. The van der Waals surface area contributed by atoms with Crippen LogP contribution in [-0.2, 0) is 14.3 Å². The summed E-state index contributed by atoms with van der Waals surface area (Å²) in [6, 6.07) is 5.31. The predicted molar refractivity (Wildman–Crippen MR) is 64.5 cm³/mol. The maximum absolute atomic E-state index is 12.9. The summed E-state index contributed by atoms with van der Waals surface area (Å²) < 4.78 is 48.5. The Morgan fingerprint density at radius 1 is 1.40 bits per heavy atom. The lowest BCUT2D eigenvalue weighted by Crippen LogP contribution is -2.10. The summed E-state index contributed by atoms with van der Waals surface area (Å²) in [7, 11) is 0. The fraction of sp³-hybridized carbons (Fsp3) is 0.357. The van der Waals surface area contributed by atoms with Crippen LogP contribution in [0.15, 0.2) is 35.6 Å². The van der Waals surface area contributed by atoms with Crippen LogP contribution in [-0.4, -0.2) is 19.0 Å². The van der Waals surface area contributed by atoms with Crippen LogP contribution in [0.4, 0.5) is 13.2 Å². The Labute approximate surface area is 114 Å². The maximum Gasteiger partial charge on any atom is 0.337 e. The first kappa shape index (κ1) is 14.4. The second-order valence-electron chi connectivity index (χ2n) is 4.23. The van der Waals surface area contributed by atoms with Crippen LogP contribution in [0.3, 0.4) is 0 Å². The Morgan fingerprint density at radius 3 is 2.60 bits per heavy atom. The smallest absolute Gasteiger partial charge is 0.337 e. The molecule has 1 aliphatic rings. The van der Waals surface area contributed by atoms with Crippen LogP contribution >= 0.6 is 0 Å². The summed E-state index contributed by atoms with van der Waals surface area (Å²) in [6.45, 7) is 1.69. The molecule has 1 heterocycles. The molecular formula is C14H13F3O3. The number of rotatable bonds is 4. The van der Waals surface area contributed by atoms with E-state index in [1.54, 1.807) is 6.92 Å². The van der Waals surface area contributed by atoms with E-state index in [9.17, 15) is 18.0 Å². The van der Waals surface area contributed by atoms with Gasteiger partial charge in [-0.3, -0.25) is 0 Å². The highest BCUT2D eigenvalue weighted by atomic mass is 19.3. The van der Waals surface area contributed by atoms with E-state index in [-0.39, 0.29) is 18.6 Å². The molecule has 108 valence electrons. The van der Waals surface area contributed by atoms with Crippen molar-refractivity contribution in [3.05, 3.63) is 47.0 Å². The van der Waals surface area contributed by atoms with Gasteiger partial charge in [-0.25, -0.2) is 18.0 Å². The molecule has 1 aromatic carbocycles. The van der Waals surface area contributed by atoms with Gasteiger partial charge in [0.2, 0.25) is 0 Å². The third kappa shape index (κ3) is 2.95. The van der Waals surface area contributed by atoms with E-state index in [0.29, 0.717) is 5.56 Å². The molecule has 0 saturated carbocycles. The van der Waals surface area contributed by atoms with E-state index < -0.39 is 30.1 Å². The van der Waals surface area contributed by atoms with Crippen molar-refractivity contribution in [2.75, 3.05) is 6.61 Å². The van der Waals surface area contributed by atoms with Gasteiger partial charge in [0.1, 0.15) is 11.9 Å². The zero-order valence-electron chi connectivity index (χ0n) is 10.7. The Balaban J connectivity index is 2.20. The molecule has 0 spiro atoms. The number of ether oxygens (including phenoxy) is 2. The van der Waals surface area contributed by atoms with E-state index >= 15 is 0 Å². The molecule has 1 aromatic rings. The van der Waals surface area contributed by atoms with E-state index in [4.69, 9.17) is 9.47 Å². The second kappa shape index (κ2) is 5.98. The predicted octanol–water partition coefficient (Wildman–Crippen LogP) is 3.37. The minimum atomic E-state index is -2.89. The van der Waals surface area contributed by atoms with E-state index in [1.807, 2.05) is 0 Å². The Hall–Kier alpha value is -1.98. The first-order chi connectivity index (χ1) is 9.52. The quantitative estimate of drug-likeness (QED) is 0.796. The SMILES string of the molecule is CCOC(=O)C1=C(C(F)F)OC(c2ccc(F)cc2)C1. The number of benzene rings is 1.